The summed E-state index contributed by atoms with van der Waals surface area (Å²) < 4.78 is 55.4. The summed E-state index contributed by atoms with van der Waals surface area (Å²) in [6.45, 7) is 9.80. The molecular formula is C26H36O16. The van der Waals surface area contributed by atoms with Crippen molar-refractivity contribution in [3.63, 3.8) is 0 Å². The molecule has 0 amide bonds. The third kappa shape index (κ3) is 9.47. The highest BCUT2D eigenvalue weighted by Crippen LogP contribution is 2.35. The predicted octanol–water partition coefficient (Wildman–Crippen LogP) is -0.125. The molecule has 0 aliphatic carbocycles. The molecule has 236 valence electrons. The molecule has 2 aliphatic heterocycles. The van der Waals surface area contributed by atoms with E-state index < -0.39 is 104 Å². The average molecular weight is 605 g/mol. The first-order valence-electron chi connectivity index (χ1n) is 12.8. The van der Waals surface area contributed by atoms with Gasteiger partial charge in [-0.05, 0) is 0 Å². The van der Waals surface area contributed by atoms with Gasteiger partial charge in [-0.3, -0.25) is 28.8 Å². The third-order valence-electron chi connectivity index (χ3n) is 5.84. The van der Waals surface area contributed by atoms with Gasteiger partial charge in [0.2, 0.25) is 0 Å². The molecule has 16 heteroatoms. The van der Waals surface area contributed by atoms with Crippen LogP contribution in [0.15, 0.2) is 12.7 Å². The van der Waals surface area contributed by atoms with Crippen LogP contribution in [0.5, 0.6) is 0 Å². The van der Waals surface area contributed by atoms with E-state index in [-0.39, 0.29) is 0 Å². The summed E-state index contributed by atoms with van der Waals surface area (Å²) >= 11 is 0. The second kappa shape index (κ2) is 15.6. The van der Waals surface area contributed by atoms with Crippen molar-refractivity contribution in [2.45, 2.75) is 103 Å². The first kappa shape index (κ1) is 34.6. The van der Waals surface area contributed by atoms with Gasteiger partial charge in [-0.15, -0.1) is 6.58 Å². The Morgan fingerprint density at radius 2 is 1.02 bits per heavy atom. The lowest BCUT2D eigenvalue weighted by Crippen LogP contribution is -2.66. The molecule has 2 rings (SSSR count). The molecule has 10 atom stereocenters. The lowest BCUT2D eigenvalue weighted by Gasteiger charge is -2.48. The molecule has 2 aliphatic rings. The fourth-order valence-corrected chi connectivity index (χ4v) is 4.47. The first-order chi connectivity index (χ1) is 19.7. The Hall–Kier alpha value is -3.60. The van der Waals surface area contributed by atoms with Gasteiger partial charge < -0.3 is 47.4 Å². The molecule has 2 fully saturated rings. The molecule has 0 N–H and O–H groups in total. The number of rotatable bonds is 11. The van der Waals surface area contributed by atoms with Crippen molar-refractivity contribution in [2.24, 2.45) is 0 Å². The second-order valence-electron chi connectivity index (χ2n) is 9.26. The van der Waals surface area contributed by atoms with Crippen LogP contribution in [0.4, 0.5) is 0 Å². The van der Waals surface area contributed by atoms with Crippen molar-refractivity contribution >= 4 is 35.8 Å². The van der Waals surface area contributed by atoms with Gasteiger partial charge >= 0.3 is 35.8 Å². The molecule has 0 aromatic heterocycles. The molecule has 42 heavy (non-hydrogen) atoms. The number of methoxy groups -OCH3 is 1. The zero-order valence-corrected chi connectivity index (χ0v) is 24.3. The quantitative estimate of drug-likeness (QED) is 0.172. The molecule has 0 aromatic rings. The van der Waals surface area contributed by atoms with Crippen LogP contribution in [-0.2, 0) is 76.1 Å². The monoisotopic (exact) mass is 604 g/mol. The lowest BCUT2D eigenvalue weighted by atomic mass is 9.96. The highest BCUT2D eigenvalue weighted by atomic mass is 16.8. The van der Waals surface area contributed by atoms with Crippen LogP contribution in [0.25, 0.3) is 0 Å². The third-order valence-corrected chi connectivity index (χ3v) is 5.84. The highest BCUT2D eigenvalue weighted by Gasteiger charge is 2.56. The van der Waals surface area contributed by atoms with Gasteiger partial charge in [0, 0.05) is 48.7 Å². The molecule has 0 spiro atoms. The maximum absolute atomic E-state index is 12.2. The maximum Gasteiger partial charge on any atom is 0.303 e. The molecule has 2 heterocycles. The van der Waals surface area contributed by atoms with Crippen molar-refractivity contribution in [2.75, 3.05) is 13.7 Å². The second-order valence-corrected chi connectivity index (χ2v) is 9.26. The number of hydrogen-bond donors (Lipinski definition) is 0. The molecule has 0 aromatic carbocycles. The number of carbonyl (C=O) groups is 6. The zero-order valence-electron chi connectivity index (χ0n) is 24.3. The Labute approximate surface area is 241 Å². The van der Waals surface area contributed by atoms with Gasteiger partial charge in [-0.25, -0.2) is 0 Å². The number of carbonyl (C=O) groups excluding carboxylic acids is 6. The molecule has 0 bridgehead atoms. The summed E-state index contributed by atoms with van der Waals surface area (Å²) in [4.78, 5) is 71.8. The van der Waals surface area contributed by atoms with E-state index >= 15 is 0 Å². The van der Waals surface area contributed by atoms with E-state index in [4.69, 9.17) is 47.4 Å². The fourth-order valence-electron chi connectivity index (χ4n) is 4.47. The van der Waals surface area contributed by atoms with Crippen LogP contribution < -0.4 is 0 Å². The Morgan fingerprint density at radius 3 is 1.45 bits per heavy atom. The number of hydrogen-bond acceptors (Lipinski definition) is 16. The van der Waals surface area contributed by atoms with Crippen molar-refractivity contribution in [3.05, 3.63) is 12.7 Å². The predicted molar refractivity (Wildman–Crippen MR) is 134 cm³/mol. The Balaban J connectivity index is 2.64. The average Bonchev–Trinajstić information content (AvgIpc) is 2.86. The number of esters is 6. The Bertz CT molecular complexity index is 1030. The van der Waals surface area contributed by atoms with Crippen LogP contribution in [0, 0.1) is 0 Å². The molecule has 0 saturated carbocycles. The molecule has 0 radical (unpaired) electrons. The van der Waals surface area contributed by atoms with Crippen LogP contribution in [0.2, 0.25) is 0 Å². The summed E-state index contributed by atoms with van der Waals surface area (Å²) in [7, 11) is 1.24. The van der Waals surface area contributed by atoms with Crippen molar-refractivity contribution in [3.8, 4) is 0 Å². The van der Waals surface area contributed by atoms with Crippen LogP contribution in [0.1, 0.15) is 41.5 Å². The van der Waals surface area contributed by atoms with Gasteiger partial charge in [0.25, 0.3) is 0 Å². The number of ether oxygens (including phenoxy) is 10. The molecule has 0 unspecified atom stereocenters. The van der Waals surface area contributed by atoms with Crippen molar-refractivity contribution in [1.82, 2.24) is 0 Å². The van der Waals surface area contributed by atoms with Gasteiger partial charge in [-0.1, -0.05) is 6.08 Å². The maximum atomic E-state index is 12.2. The van der Waals surface area contributed by atoms with Gasteiger partial charge in [0.05, 0.1) is 0 Å². The van der Waals surface area contributed by atoms with E-state index in [0.717, 1.165) is 41.5 Å². The summed E-state index contributed by atoms with van der Waals surface area (Å²) in [6.07, 6.45) is -12.7. The van der Waals surface area contributed by atoms with Crippen LogP contribution in [-0.4, -0.2) is 111 Å². The Morgan fingerprint density at radius 1 is 0.595 bits per heavy atom. The van der Waals surface area contributed by atoms with E-state index in [1.807, 2.05) is 0 Å². The minimum absolute atomic E-state index is 0.455. The lowest BCUT2D eigenvalue weighted by molar-refractivity contribution is -0.354. The highest BCUT2D eigenvalue weighted by molar-refractivity contribution is 5.69. The van der Waals surface area contributed by atoms with E-state index in [0.29, 0.717) is 0 Å². The summed E-state index contributed by atoms with van der Waals surface area (Å²) in [5.74, 6) is -4.71. The van der Waals surface area contributed by atoms with Crippen LogP contribution in [0.3, 0.4) is 0 Å². The van der Waals surface area contributed by atoms with Crippen LogP contribution >= 0.6 is 0 Å². The molecule has 16 nitrogen and oxygen atoms in total. The minimum Gasteiger partial charge on any atom is -0.463 e. The first-order valence-corrected chi connectivity index (χ1v) is 12.8. The molecular weight excluding hydrogens is 568 g/mol. The normalized spacial score (nSPS) is 32.5. The summed E-state index contributed by atoms with van der Waals surface area (Å²) in [5.41, 5.74) is 0. The largest absolute Gasteiger partial charge is 0.463 e. The standard InChI is InChI=1S/C26H36O16/c1-9-17-19(35-12(3)28)21(36-13(4)29)24(39-16(7)32)26(40-17)42-20-18(10-34-11(2)27)41-25(33-8)23(38-15(6)31)22(20)37-14(5)30/h9,17-26H,1,10H2,2-8H3/t17-,18-,19+,20+,21+,22+,23-,24-,25+,26+/m1/s1. The van der Waals surface area contributed by atoms with Crippen molar-refractivity contribution < 1.29 is 76.1 Å². The van der Waals surface area contributed by atoms with Gasteiger partial charge in [0.15, 0.2) is 43.1 Å². The van der Waals surface area contributed by atoms with E-state index in [9.17, 15) is 28.8 Å². The Kier molecular flexibility index (Phi) is 12.8. The van der Waals surface area contributed by atoms with Crippen molar-refractivity contribution in [1.29, 1.82) is 0 Å². The SMILES string of the molecule is C=C[C@H]1O[C@@H](O[C@@H]2[C@H](OC(C)=O)[C@@H](OC(C)=O)[C@@H](OC)O[C@@H]2COC(C)=O)[C@H](OC(C)=O)[C@@H](OC(C)=O)[C@H]1OC(C)=O. The fraction of sp³-hybridized carbons (Fsp3) is 0.692. The molecule has 2 saturated heterocycles. The van der Waals surface area contributed by atoms with Gasteiger partial charge in [0.1, 0.15) is 24.9 Å². The summed E-state index contributed by atoms with van der Waals surface area (Å²) in [6, 6.07) is 0. The minimum atomic E-state index is -1.63. The smallest absolute Gasteiger partial charge is 0.303 e. The van der Waals surface area contributed by atoms with E-state index in [2.05, 4.69) is 6.58 Å². The van der Waals surface area contributed by atoms with E-state index in [1.165, 1.54) is 13.2 Å². The van der Waals surface area contributed by atoms with Gasteiger partial charge in [-0.2, -0.15) is 0 Å². The summed E-state index contributed by atoms with van der Waals surface area (Å²) in [5, 5.41) is 0. The van der Waals surface area contributed by atoms with E-state index in [1.54, 1.807) is 0 Å². The zero-order chi connectivity index (χ0) is 31.7. The topological polar surface area (TPSA) is 195 Å².